The van der Waals surface area contributed by atoms with Crippen LogP contribution in [0.25, 0.3) is 56.0 Å². The molecule has 9 nitrogen and oxygen atoms in total. The first-order valence-electron chi connectivity index (χ1n) is 13.3. The topological polar surface area (TPSA) is 123 Å². The van der Waals surface area contributed by atoms with Gasteiger partial charge in [0.15, 0.2) is 5.82 Å². The third kappa shape index (κ3) is 3.78. The van der Waals surface area contributed by atoms with E-state index in [-0.39, 0.29) is 11.8 Å². The van der Waals surface area contributed by atoms with E-state index in [4.69, 9.17) is 43.5 Å². The molecule has 9 rings (SSSR count). The summed E-state index contributed by atoms with van der Waals surface area (Å²) < 4.78 is 8.19. The number of nitrogens with zero attached hydrogens (tertiary/aromatic N) is 8. The molecule has 0 spiro atoms. The van der Waals surface area contributed by atoms with E-state index in [2.05, 4.69) is 12.2 Å². The first-order valence-corrected chi connectivity index (χ1v) is 13.9. The Hall–Kier alpha value is -5.12. The summed E-state index contributed by atoms with van der Waals surface area (Å²) in [7, 11) is 0. The van der Waals surface area contributed by atoms with Gasteiger partial charge in [-0.25, -0.2) is 15.0 Å². The Balaban J connectivity index is 0.00000131. The van der Waals surface area contributed by atoms with Gasteiger partial charge in [-0.05, 0) is 21.9 Å². The van der Waals surface area contributed by atoms with Crippen LogP contribution < -0.4 is 20.9 Å². The van der Waals surface area contributed by atoms with Crippen LogP contribution in [0.4, 0.5) is 0 Å². The standard InChI is InChI=1S/C32H18N8.O.V/c1-2-10-18-17(9-1)25-33-26(18)38-28-21-13-5-6-14-22(21)30(35-28)40-32-24-16-8-7-15-23(24)31(36-32)39-29-20-12-4-3-11-19(20)27(34-29)37-25;;/h1-17,20H;;/q-2;;+2. The molecule has 8 bridgehead atoms. The molecule has 5 heterocycles. The monoisotopic (exact) mass is 581 g/mol. The van der Waals surface area contributed by atoms with Crippen LogP contribution >= 0.6 is 0 Å². The third-order valence-electron chi connectivity index (χ3n) is 7.67. The van der Waals surface area contributed by atoms with Gasteiger partial charge in [0.25, 0.3) is 0 Å². The van der Waals surface area contributed by atoms with Crippen molar-refractivity contribution in [1.29, 1.82) is 0 Å². The van der Waals surface area contributed by atoms with Crippen LogP contribution in [-0.4, -0.2) is 29.9 Å². The summed E-state index contributed by atoms with van der Waals surface area (Å²) in [5.74, 6) is 2.21. The molecule has 0 fully saturated rings. The Bertz CT molecular complexity index is 2280. The normalized spacial score (nSPS) is 18.2. The number of fused-ring (bicyclic) bond motifs is 18. The van der Waals surface area contributed by atoms with E-state index in [9.17, 15) is 0 Å². The van der Waals surface area contributed by atoms with Gasteiger partial charge in [-0.15, -0.1) is 0 Å². The zero-order valence-corrected chi connectivity index (χ0v) is 23.2. The zero-order valence-electron chi connectivity index (χ0n) is 21.8. The van der Waals surface area contributed by atoms with E-state index in [0.29, 0.717) is 45.6 Å². The summed E-state index contributed by atoms with van der Waals surface area (Å²) in [6.07, 6.45) is 16.3. The Labute approximate surface area is 247 Å². The van der Waals surface area contributed by atoms with Gasteiger partial charge in [0, 0.05) is 39.6 Å². The molecule has 2 atom stereocenters. The molecule has 42 heavy (non-hydrogen) atoms. The van der Waals surface area contributed by atoms with Crippen LogP contribution in [0.2, 0.25) is 0 Å². The van der Waals surface area contributed by atoms with E-state index >= 15 is 0 Å². The van der Waals surface area contributed by atoms with E-state index in [1.807, 2.05) is 85.0 Å². The van der Waals surface area contributed by atoms with Crippen molar-refractivity contribution < 1.29 is 21.0 Å². The molecule has 2 aromatic heterocycles. The fourth-order valence-corrected chi connectivity index (χ4v) is 5.76. The van der Waals surface area contributed by atoms with Crippen LogP contribution in [0, 0.1) is 0 Å². The summed E-state index contributed by atoms with van der Waals surface area (Å²) in [5, 5.41) is 1.81. The summed E-state index contributed by atoms with van der Waals surface area (Å²) in [6.45, 7) is 0. The average Bonchev–Trinajstić information content (AvgIpc) is 3.78. The van der Waals surface area contributed by atoms with Crippen molar-refractivity contribution in [1.82, 2.24) is 39.9 Å². The van der Waals surface area contributed by atoms with Gasteiger partial charge >= 0.3 is 21.0 Å². The van der Waals surface area contributed by atoms with Crippen molar-refractivity contribution in [3.8, 4) is 22.8 Å². The predicted octanol–water partition coefficient (Wildman–Crippen LogP) is 3.36. The molecule has 5 aliphatic rings. The van der Waals surface area contributed by atoms with Crippen LogP contribution in [0.3, 0.4) is 0 Å². The molecule has 0 saturated carbocycles. The fourth-order valence-electron chi connectivity index (χ4n) is 5.76. The zero-order chi connectivity index (χ0) is 28.2. The summed E-state index contributed by atoms with van der Waals surface area (Å²) in [5.41, 5.74) is 6.13. The predicted molar refractivity (Wildman–Crippen MR) is 152 cm³/mol. The van der Waals surface area contributed by atoms with E-state index in [1.165, 1.54) is 0 Å². The maximum absolute atomic E-state index is 8.19. The summed E-state index contributed by atoms with van der Waals surface area (Å²) in [4.78, 5) is 39.5. The molecule has 197 valence electrons. The molecule has 0 saturated heterocycles. The third-order valence-corrected chi connectivity index (χ3v) is 7.67. The van der Waals surface area contributed by atoms with E-state index in [0.717, 1.165) is 50.4 Å². The number of allylic oxidation sites excluding steroid dienone is 8. The van der Waals surface area contributed by atoms with E-state index in [1.54, 1.807) is 0 Å². The van der Waals surface area contributed by atoms with Crippen molar-refractivity contribution in [3.05, 3.63) is 120 Å². The van der Waals surface area contributed by atoms with Gasteiger partial charge in [-0.3, -0.25) is 0 Å². The molecule has 0 amide bonds. The van der Waals surface area contributed by atoms with Crippen LogP contribution in [-0.2, 0) is 21.0 Å². The number of rotatable bonds is 0. The van der Waals surface area contributed by atoms with Crippen LogP contribution in [0.1, 0.15) is 23.5 Å². The van der Waals surface area contributed by atoms with Gasteiger partial charge in [0.1, 0.15) is 5.82 Å². The number of benzene rings is 2. The molecule has 2 unspecified atom stereocenters. The van der Waals surface area contributed by atoms with Crippen molar-refractivity contribution in [2.75, 3.05) is 0 Å². The van der Waals surface area contributed by atoms with Gasteiger partial charge in [0.05, 0.1) is 17.2 Å². The fraction of sp³-hybridized carbons (Fsp3) is 0.0625. The molecular formula is C32H18N8OV. The molecule has 3 aliphatic heterocycles. The molecule has 2 aliphatic carbocycles. The Morgan fingerprint density at radius 1 is 0.595 bits per heavy atom. The molecular weight excluding hydrogens is 563 g/mol. The minimum atomic E-state index is -0.113. The Morgan fingerprint density at radius 2 is 1.24 bits per heavy atom. The Kier molecular flexibility index (Phi) is 5.73. The molecule has 0 N–H and O–H groups in total. The van der Waals surface area contributed by atoms with Gasteiger partial charge in [-0.2, -0.15) is 0 Å². The van der Waals surface area contributed by atoms with Crippen LogP contribution in [0.15, 0.2) is 97.1 Å². The molecule has 2 aromatic carbocycles. The van der Waals surface area contributed by atoms with Gasteiger partial charge in [-0.1, -0.05) is 97.1 Å². The van der Waals surface area contributed by atoms with Crippen molar-refractivity contribution in [2.24, 2.45) is 0 Å². The van der Waals surface area contributed by atoms with Crippen LogP contribution in [0.5, 0.6) is 0 Å². The number of hydrogen-bond donors (Lipinski definition) is 0. The number of hydrogen-bond acceptors (Lipinski definition) is 7. The summed E-state index contributed by atoms with van der Waals surface area (Å²) in [6, 6.07) is 16.0. The SMILES string of the molecule is C1=CC2=c3nc(nc4nc(nc5[n-]c(nc6[n-]c(n3)C3C=CC=CC=63)c3ccccc53)-c3ccccc3-4)C2C=C1.[O]=[V+2]. The van der Waals surface area contributed by atoms with Crippen molar-refractivity contribution in [3.63, 3.8) is 0 Å². The molecule has 4 aromatic rings. The first-order chi connectivity index (χ1) is 20.8. The van der Waals surface area contributed by atoms with Gasteiger partial charge < -0.3 is 24.9 Å². The van der Waals surface area contributed by atoms with Crippen molar-refractivity contribution in [2.45, 2.75) is 11.8 Å². The number of aromatic nitrogens is 8. The summed E-state index contributed by atoms with van der Waals surface area (Å²) >= 11 is 1.06. The quantitative estimate of drug-likeness (QED) is 0.271. The minimum absolute atomic E-state index is 0.113. The molecule has 0 radical (unpaired) electrons. The maximum atomic E-state index is 8.19. The van der Waals surface area contributed by atoms with E-state index < -0.39 is 0 Å². The second-order valence-corrected chi connectivity index (χ2v) is 10.00. The van der Waals surface area contributed by atoms with Gasteiger partial charge in [0.2, 0.25) is 0 Å². The average molecular weight is 581 g/mol. The molecule has 10 heteroatoms. The second kappa shape index (κ2) is 9.76. The van der Waals surface area contributed by atoms with Crippen molar-refractivity contribution >= 4 is 33.2 Å². The Morgan fingerprint density at radius 3 is 2.00 bits per heavy atom. The first kappa shape index (κ1) is 24.7. The second-order valence-electron chi connectivity index (χ2n) is 10.00.